The molecule has 0 aliphatic heterocycles. The summed E-state index contributed by atoms with van der Waals surface area (Å²) in [7, 11) is -3.84. The number of fused-ring (bicyclic) bond motifs is 3. The summed E-state index contributed by atoms with van der Waals surface area (Å²) in [6.07, 6.45) is 0.807. The summed E-state index contributed by atoms with van der Waals surface area (Å²) in [6.45, 7) is 3.92. The minimum atomic E-state index is -3.84. The maximum absolute atomic E-state index is 13.1. The summed E-state index contributed by atoms with van der Waals surface area (Å²) in [5.41, 5.74) is 0.923. The molecule has 0 atom stereocenters. The summed E-state index contributed by atoms with van der Waals surface area (Å²) in [6, 6.07) is 15.7. The van der Waals surface area contributed by atoms with Crippen LogP contribution >= 0.6 is 0 Å². The lowest BCUT2D eigenvalue weighted by atomic mass is 10.2. The first-order valence-electron chi connectivity index (χ1n) is 9.39. The van der Waals surface area contributed by atoms with E-state index in [9.17, 15) is 8.42 Å². The fourth-order valence-corrected chi connectivity index (χ4v) is 4.35. The molecule has 0 bridgehead atoms. The fourth-order valence-electron chi connectivity index (χ4n) is 3.09. The van der Waals surface area contributed by atoms with Crippen LogP contribution in [0.2, 0.25) is 0 Å². The number of aromatic nitrogens is 4. The molecular formula is C20H21N5O3S. The molecule has 8 nitrogen and oxygen atoms in total. The second-order valence-electron chi connectivity index (χ2n) is 6.40. The van der Waals surface area contributed by atoms with Gasteiger partial charge in [0.05, 0.1) is 10.4 Å². The Morgan fingerprint density at radius 1 is 1.07 bits per heavy atom. The van der Waals surface area contributed by atoms with Crippen molar-refractivity contribution in [2.45, 2.75) is 23.3 Å². The van der Waals surface area contributed by atoms with Crippen LogP contribution in [0.25, 0.3) is 16.6 Å². The smallest absolute Gasteiger partial charge is 0.229 e. The first-order chi connectivity index (χ1) is 14.1. The molecule has 150 valence electrons. The second-order valence-corrected chi connectivity index (χ2v) is 8.27. The van der Waals surface area contributed by atoms with E-state index in [-0.39, 0.29) is 15.6 Å². The van der Waals surface area contributed by atoms with E-state index in [2.05, 4.69) is 20.6 Å². The quantitative estimate of drug-likeness (QED) is 0.445. The number of sulfone groups is 1. The molecular weight excluding hydrogens is 390 g/mol. The van der Waals surface area contributed by atoms with Crippen molar-refractivity contribution in [1.29, 1.82) is 0 Å². The molecule has 29 heavy (non-hydrogen) atoms. The maximum atomic E-state index is 13.1. The van der Waals surface area contributed by atoms with Crippen LogP contribution in [0.5, 0.6) is 0 Å². The topological polar surface area (TPSA) is 98.5 Å². The highest BCUT2D eigenvalue weighted by Gasteiger charge is 2.26. The van der Waals surface area contributed by atoms with E-state index in [1.165, 1.54) is 16.6 Å². The van der Waals surface area contributed by atoms with E-state index in [1.807, 2.05) is 31.2 Å². The third-order valence-electron chi connectivity index (χ3n) is 4.49. The highest BCUT2D eigenvalue weighted by Crippen LogP contribution is 2.27. The molecule has 2 aromatic carbocycles. The molecule has 1 N–H and O–H groups in total. The summed E-state index contributed by atoms with van der Waals surface area (Å²) >= 11 is 0. The van der Waals surface area contributed by atoms with E-state index in [0.29, 0.717) is 25.6 Å². The van der Waals surface area contributed by atoms with Crippen LogP contribution in [0.4, 0.5) is 5.82 Å². The Morgan fingerprint density at radius 3 is 2.62 bits per heavy atom. The molecule has 0 saturated carbocycles. The van der Waals surface area contributed by atoms with Gasteiger partial charge in [0.25, 0.3) is 0 Å². The minimum absolute atomic E-state index is 0.156. The van der Waals surface area contributed by atoms with Crippen molar-refractivity contribution in [3.8, 4) is 0 Å². The number of nitrogens with one attached hydrogen (secondary N) is 1. The number of ether oxygens (including phenoxy) is 1. The molecule has 0 saturated heterocycles. The van der Waals surface area contributed by atoms with Crippen molar-refractivity contribution in [3.05, 3.63) is 54.6 Å². The van der Waals surface area contributed by atoms with Gasteiger partial charge in [-0.1, -0.05) is 35.5 Å². The molecule has 0 spiro atoms. The molecule has 0 radical (unpaired) electrons. The van der Waals surface area contributed by atoms with Crippen LogP contribution in [0.15, 0.2) is 64.5 Å². The van der Waals surface area contributed by atoms with Gasteiger partial charge in [-0.25, -0.2) is 13.4 Å². The largest absolute Gasteiger partial charge is 0.382 e. The zero-order chi connectivity index (χ0) is 20.3. The SMILES string of the molecule is CCOCCCNc1nc2c(S(=O)(=O)c3ccccc3)nnn2c2ccccc12. The maximum Gasteiger partial charge on any atom is 0.229 e. The molecule has 0 unspecified atom stereocenters. The van der Waals surface area contributed by atoms with Crippen LogP contribution in [-0.2, 0) is 14.6 Å². The van der Waals surface area contributed by atoms with E-state index >= 15 is 0 Å². The standard InChI is InChI=1S/C20H21N5O3S/c1-2-28-14-8-13-21-18-16-11-6-7-12-17(16)25-19(22-18)20(23-24-25)29(26,27)15-9-4-3-5-10-15/h3-7,9-12H,2,8,13-14H2,1H3,(H,21,22). The number of benzene rings is 2. The van der Waals surface area contributed by atoms with Crippen LogP contribution < -0.4 is 5.32 Å². The predicted molar refractivity (Wildman–Crippen MR) is 110 cm³/mol. The average Bonchev–Trinajstić information content (AvgIpc) is 3.19. The second kappa shape index (κ2) is 8.14. The number of para-hydroxylation sites is 1. The van der Waals surface area contributed by atoms with E-state index in [0.717, 1.165) is 17.3 Å². The third kappa shape index (κ3) is 3.66. The summed E-state index contributed by atoms with van der Waals surface area (Å²) in [5, 5.41) is 12.0. The van der Waals surface area contributed by atoms with Crippen molar-refractivity contribution in [2.75, 3.05) is 25.1 Å². The first-order valence-corrected chi connectivity index (χ1v) is 10.9. The Kier molecular flexibility index (Phi) is 5.41. The summed E-state index contributed by atoms with van der Waals surface area (Å²) in [5.74, 6) is 0.594. The molecule has 2 heterocycles. The molecule has 0 aliphatic rings. The normalized spacial score (nSPS) is 11.9. The molecule has 9 heteroatoms. The fraction of sp³-hybridized carbons (Fsp3) is 0.250. The van der Waals surface area contributed by atoms with Gasteiger partial charge in [-0.15, -0.1) is 5.10 Å². The van der Waals surface area contributed by atoms with E-state index in [4.69, 9.17) is 4.74 Å². The van der Waals surface area contributed by atoms with E-state index < -0.39 is 9.84 Å². The number of hydrogen-bond donors (Lipinski definition) is 1. The van der Waals surface area contributed by atoms with Crippen molar-refractivity contribution in [3.63, 3.8) is 0 Å². The van der Waals surface area contributed by atoms with Crippen LogP contribution in [0.1, 0.15) is 13.3 Å². The zero-order valence-electron chi connectivity index (χ0n) is 15.9. The van der Waals surface area contributed by atoms with Gasteiger partial charge in [-0.2, -0.15) is 4.52 Å². The molecule has 2 aromatic heterocycles. The average molecular weight is 411 g/mol. The number of hydrogen-bond acceptors (Lipinski definition) is 7. The lowest BCUT2D eigenvalue weighted by Gasteiger charge is -2.10. The minimum Gasteiger partial charge on any atom is -0.382 e. The van der Waals surface area contributed by atoms with Gasteiger partial charge >= 0.3 is 0 Å². The molecule has 0 fully saturated rings. The van der Waals surface area contributed by atoms with Gasteiger partial charge in [0.2, 0.25) is 14.9 Å². The van der Waals surface area contributed by atoms with Gasteiger partial charge in [0.1, 0.15) is 5.82 Å². The number of anilines is 1. The molecule has 0 aliphatic carbocycles. The molecule has 4 aromatic rings. The number of nitrogens with zero attached hydrogens (tertiary/aromatic N) is 4. The molecule has 0 amide bonds. The van der Waals surface area contributed by atoms with Gasteiger partial charge in [0.15, 0.2) is 5.65 Å². The monoisotopic (exact) mass is 411 g/mol. The Hall–Kier alpha value is -3.04. The summed E-state index contributed by atoms with van der Waals surface area (Å²) in [4.78, 5) is 4.74. The van der Waals surface area contributed by atoms with Gasteiger partial charge in [-0.05, 0) is 37.6 Å². The van der Waals surface area contributed by atoms with Crippen molar-refractivity contribution in [1.82, 2.24) is 19.8 Å². The Balaban J connectivity index is 1.81. The summed E-state index contributed by atoms with van der Waals surface area (Å²) < 4.78 is 33.0. The Morgan fingerprint density at radius 2 is 1.83 bits per heavy atom. The lowest BCUT2D eigenvalue weighted by Crippen LogP contribution is -2.09. The Labute approximate surface area is 168 Å². The highest BCUT2D eigenvalue weighted by atomic mass is 32.2. The van der Waals surface area contributed by atoms with Gasteiger partial charge < -0.3 is 10.1 Å². The lowest BCUT2D eigenvalue weighted by molar-refractivity contribution is 0.147. The van der Waals surface area contributed by atoms with Crippen molar-refractivity contribution >= 4 is 32.2 Å². The van der Waals surface area contributed by atoms with Crippen molar-refractivity contribution < 1.29 is 13.2 Å². The number of rotatable bonds is 8. The van der Waals surface area contributed by atoms with Crippen molar-refractivity contribution in [2.24, 2.45) is 0 Å². The molecule has 4 rings (SSSR count). The third-order valence-corrected chi connectivity index (χ3v) is 6.16. The zero-order valence-corrected chi connectivity index (χ0v) is 16.8. The first kappa shape index (κ1) is 19.3. The predicted octanol–water partition coefficient (Wildman–Crippen LogP) is 2.95. The van der Waals surface area contributed by atoms with E-state index in [1.54, 1.807) is 18.2 Å². The van der Waals surface area contributed by atoms with Crippen LogP contribution in [0.3, 0.4) is 0 Å². The van der Waals surface area contributed by atoms with Gasteiger partial charge in [-0.3, -0.25) is 0 Å². The van der Waals surface area contributed by atoms with Crippen LogP contribution in [0, 0.1) is 0 Å². The highest BCUT2D eigenvalue weighted by molar-refractivity contribution is 7.91. The Bertz CT molecular complexity index is 1240. The van der Waals surface area contributed by atoms with Gasteiger partial charge in [0, 0.05) is 25.1 Å². The van der Waals surface area contributed by atoms with Crippen LogP contribution in [-0.4, -0.2) is 48.0 Å².